The number of hydrogen-bond donors (Lipinski definition) is 3. The summed E-state index contributed by atoms with van der Waals surface area (Å²) in [7, 11) is 1.33. The Hall–Kier alpha value is -2.45. The number of aliphatic hydroxyl groups is 3. The van der Waals surface area contributed by atoms with E-state index in [1.54, 1.807) is 42.5 Å². The third kappa shape index (κ3) is 4.69. The van der Waals surface area contributed by atoms with Crippen molar-refractivity contribution < 1.29 is 34.3 Å². The lowest BCUT2D eigenvalue weighted by atomic mass is 9.93. The van der Waals surface area contributed by atoms with Gasteiger partial charge in [-0.15, -0.1) is 0 Å². The molecule has 7 nitrogen and oxygen atoms in total. The van der Waals surface area contributed by atoms with Gasteiger partial charge in [0.1, 0.15) is 24.6 Å². The standard InChI is InChI=1S/C21H24O7/c1-26-21(25)15-6-2-4-13(8-15)12-27-16-7-3-5-14(9-16)20-19(24)18(23)10-17(11-22)28-20/h2-9,17-20,22-24H,10-12H2,1H3/t17-,18-,19-,20?/m0/s1. The van der Waals surface area contributed by atoms with Crippen molar-refractivity contribution in [1.29, 1.82) is 0 Å². The molecule has 4 atom stereocenters. The molecule has 28 heavy (non-hydrogen) atoms. The van der Waals surface area contributed by atoms with Crippen LogP contribution in [-0.4, -0.2) is 53.3 Å². The fourth-order valence-electron chi connectivity index (χ4n) is 3.20. The first-order valence-corrected chi connectivity index (χ1v) is 9.04. The fraction of sp³-hybridized carbons (Fsp3) is 0.381. The molecular formula is C21H24O7. The van der Waals surface area contributed by atoms with E-state index in [4.69, 9.17) is 14.2 Å². The number of aliphatic hydroxyl groups excluding tert-OH is 3. The summed E-state index contributed by atoms with van der Waals surface area (Å²) in [6, 6.07) is 14.0. The summed E-state index contributed by atoms with van der Waals surface area (Å²) in [6.45, 7) is 0.0112. The zero-order valence-corrected chi connectivity index (χ0v) is 15.5. The Morgan fingerprint density at radius 1 is 1.18 bits per heavy atom. The molecule has 1 aliphatic heterocycles. The maximum atomic E-state index is 11.6. The summed E-state index contributed by atoms with van der Waals surface area (Å²) < 4.78 is 16.2. The highest BCUT2D eigenvalue weighted by molar-refractivity contribution is 5.89. The van der Waals surface area contributed by atoms with Crippen molar-refractivity contribution in [3.05, 3.63) is 65.2 Å². The number of carbonyl (C=O) groups excluding carboxylic acids is 1. The molecule has 0 aliphatic carbocycles. The number of esters is 1. The zero-order valence-electron chi connectivity index (χ0n) is 15.5. The second kappa shape index (κ2) is 9.16. The van der Waals surface area contributed by atoms with Crippen LogP contribution in [0.4, 0.5) is 0 Å². The van der Waals surface area contributed by atoms with Gasteiger partial charge in [-0.2, -0.15) is 0 Å². The van der Waals surface area contributed by atoms with E-state index in [1.165, 1.54) is 7.11 Å². The van der Waals surface area contributed by atoms with Crippen molar-refractivity contribution in [3.63, 3.8) is 0 Å². The number of carbonyl (C=O) groups is 1. The second-order valence-corrected chi connectivity index (χ2v) is 6.71. The van der Waals surface area contributed by atoms with Gasteiger partial charge < -0.3 is 29.5 Å². The Bertz CT molecular complexity index is 807. The molecule has 2 aromatic carbocycles. The van der Waals surface area contributed by atoms with Crippen LogP contribution < -0.4 is 4.74 Å². The molecule has 0 radical (unpaired) electrons. The van der Waals surface area contributed by atoms with E-state index in [2.05, 4.69) is 0 Å². The Labute approximate surface area is 163 Å². The van der Waals surface area contributed by atoms with Gasteiger partial charge in [-0.3, -0.25) is 0 Å². The summed E-state index contributed by atoms with van der Waals surface area (Å²) in [5.41, 5.74) is 1.89. The molecule has 0 amide bonds. The van der Waals surface area contributed by atoms with Crippen LogP contribution in [0.15, 0.2) is 48.5 Å². The number of rotatable bonds is 6. The van der Waals surface area contributed by atoms with Gasteiger partial charge >= 0.3 is 5.97 Å². The van der Waals surface area contributed by atoms with E-state index in [1.807, 2.05) is 6.07 Å². The van der Waals surface area contributed by atoms with Crippen LogP contribution in [0, 0.1) is 0 Å². The third-order valence-electron chi connectivity index (χ3n) is 4.69. The first kappa shape index (κ1) is 20.3. The van der Waals surface area contributed by atoms with Gasteiger partial charge in [0, 0.05) is 6.42 Å². The Morgan fingerprint density at radius 3 is 2.71 bits per heavy atom. The molecule has 1 saturated heterocycles. The predicted octanol–water partition coefficient (Wildman–Crippen LogP) is 1.60. The van der Waals surface area contributed by atoms with Crippen LogP contribution in [0.25, 0.3) is 0 Å². The SMILES string of the molecule is COC(=O)c1cccc(COc2cccc(C3O[C@H](CO)C[C@H](O)[C@@H]3O)c2)c1. The van der Waals surface area contributed by atoms with E-state index in [0.29, 0.717) is 16.9 Å². The smallest absolute Gasteiger partial charge is 0.337 e. The van der Waals surface area contributed by atoms with Crippen LogP contribution >= 0.6 is 0 Å². The lowest BCUT2D eigenvalue weighted by molar-refractivity contribution is -0.179. The molecule has 2 aromatic rings. The third-order valence-corrected chi connectivity index (χ3v) is 4.69. The normalized spacial score (nSPS) is 24.6. The van der Waals surface area contributed by atoms with E-state index in [0.717, 1.165) is 5.56 Å². The maximum Gasteiger partial charge on any atom is 0.337 e. The van der Waals surface area contributed by atoms with Crippen molar-refractivity contribution in [2.45, 2.75) is 37.4 Å². The Kier molecular flexibility index (Phi) is 6.64. The largest absolute Gasteiger partial charge is 0.489 e. The predicted molar refractivity (Wildman–Crippen MR) is 99.9 cm³/mol. The van der Waals surface area contributed by atoms with Crippen molar-refractivity contribution in [3.8, 4) is 5.75 Å². The molecule has 0 spiro atoms. The summed E-state index contributed by atoms with van der Waals surface area (Å²) in [5.74, 6) is 0.140. The quantitative estimate of drug-likeness (QED) is 0.646. The molecule has 1 fully saturated rings. The fourth-order valence-corrected chi connectivity index (χ4v) is 3.20. The molecule has 3 rings (SSSR count). The van der Waals surface area contributed by atoms with Gasteiger partial charge in [0.05, 0.1) is 31.5 Å². The minimum Gasteiger partial charge on any atom is -0.489 e. The van der Waals surface area contributed by atoms with Crippen LogP contribution in [0.1, 0.15) is 34.0 Å². The van der Waals surface area contributed by atoms with Gasteiger partial charge in [0.2, 0.25) is 0 Å². The Balaban J connectivity index is 1.71. The van der Waals surface area contributed by atoms with Gasteiger partial charge in [-0.05, 0) is 35.4 Å². The zero-order chi connectivity index (χ0) is 20.1. The topological polar surface area (TPSA) is 105 Å². The Morgan fingerprint density at radius 2 is 1.96 bits per heavy atom. The lowest BCUT2D eigenvalue weighted by Gasteiger charge is -2.36. The summed E-state index contributed by atoms with van der Waals surface area (Å²) in [5, 5.41) is 29.6. The van der Waals surface area contributed by atoms with E-state index in [9.17, 15) is 20.1 Å². The monoisotopic (exact) mass is 388 g/mol. The van der Waals surface area contributed by atoms with Crippen molar-refractivity contribution in [2.75, 3.05) is 13.7 Å². The first-order chi connectivity index (χ1) is 13.5. The summed E-state index contributed by atoms with van der Waals surface area (Å²) in [4.78, 5) is 11.6. The maximum absolute atomic E-state index is 11.6. The average molecular weight is 388 g/mol. The van der Waals surface area contributed by atoms with Crippen molar-refractivity contribution in [2.24, 2.45) is 0 Å². The van der Waals surface area contributed by atoms with Gasteiger partial charge in [-0.1, -0.05) is 24.3 Å². The van der Waals surface area contributed by atoms with E-state index < -0.39 is 30.4 Å². The molecule has 7 heteroatoms. The number of benzene rings is 2. The highest BCUT2D eigenvalue weighted by Gasteiger charge is 2.37. The van der Waals surface area contributed by atoms with Crippen molar-refractivity contribution in [1.82, 2.24) is 0 Å². The first-order valence-electron chi connectivity index (χ1n) is 9.04. The van der Waals surface area contributed by atoms with Crippen LogP contribution in [-0.2, 0) is 16.1 Å². The van der Waals surface area contributed by atoms with Gasteiger partial charge in [0.15, 0.2) is 0 Å². The van der Waals surface area contributed by atoms with Crippen LogP contribution in [0.5, 0.6) is 5.75 Å². The molecule has 1 heterocycles. The highest BCUT2D eigenvalue weighted by Crippen LogP contribution is 2.33. The average Bonchev–Trinajstić information content (AvgIpc) is 2.73. The molecule has 150 valence electrons. The molecule has 1 aliphatic rings. The van der Waals surface area contributed by atoms with E-state index >= 15 is 0 Å². The minimum atomic E-state index is -1.09. The summed E-state index contributed by atoms with van der Waals surface area (Å²) in [6.07, 6.45) is -3.17. The van der Waals surface area contributed by atoms with Crippen LogP contribution in [0.2, 0.25) is 0 Å². The molecule has 0 bridgehead atoms. The minimum absolute atomic E-state index is 0.181. The molecule has 1 unspecified atom stereocenters. The van der Waals surface area contributed by atoms with Crippen molar-refractivity contribution >= 4 is 5.97 Å². The number of methoxy groups -OCH3 is 1. The highest BCUT2D eigenvalue weighted by atomic mass is 16.5. The van der Waals surface area contributed by atoms with E-state index in [-0.39, 0.29) is 19.6 Å². The molecule has 0 saturated carbocycles. The second-order valence-electron chi connectivity index (χ2n) is 6.71. The molecule has 3 N–H and O–H groups in total. The number of hydrogen-bond acceptors (Lipinski definition) is 7. The summed E-state index contributed by atoms with van der Waals surface area (Å²) >= 11 is 0. The van der Waals surface area contributed by atoms with Gasteiger partial charge in [0.25, 0.3) is 0 Å². The van der Waals surface area contributed by atoms with Gasteiger partial charge in [-0.25, -0.2) is 4.79 Å². The number of ether oxygens (including phenoxy) is 3. The van der Waals surface area contributed by atoms with Crippen LogP contribution in [0.3, 0.4) is 0 Å². The molecular weight excluding hydrogens is 364 g/mol. The lowest BCUT2D eigenvalue weighted by Crippen LogP contribution is -2.44. The molecule has 0 aromatic heterocycles.